The molecule has 0 radical (unpaired) electrons. The standard InChI is InChI=1S/C9H11NO4/c1-3-14-9(13)6-5(2)4-10-7(6)8(11)12/h4,10H,3H2,1-2H3,(H,11,12). The summed E-state index contributed by atoms with van der Waals surface area (Å²) in [5.74, 6) is -1.77. The zero-order valence-corrected chi connectivity index (χ0v) is 7.96. The van der Waals surface area contributed by atoms with Crippen LogP contribution in [-0.2, 0) is 4.74 Å². The van der Waals surface area contributed by atoms with E-state index in [1.54, 1.807) is 13.8 Å². The summed E-state index contributed by atoms with van der Waals surface area (Å²) in [7, 11) is 0. The first-order valence-electron chi connectivity index (χ1n) is 4.16. The van der Waals surface area contributed by atoms with E-state index in [-0.39, 0.29) is 17.9 Å². The Morgan fingerprint density at radius 2 is 2.21 bits per heavy atom. The van der Waals surface area contributed by atoms with E-state index >= 15 is 0 Å². The van der Waals surface area contributed by atoms with Gasteiger partial charge in [0.05, 0.1) is 12.2 Å². The highest BCUT2D eigenvalue weighted by Crippen LogP contribution is 2.14. The fourth-order valence-electron chi connectivity index (χ4n) is 1.16. The topological polar surface area (TPSA) is 79.4 Å². The van der Waals surface area contributed by atoms with Crippen molar-refractivity contribution in [3.63, 3.8) is 0 Å². The van der Waals surface area contributed by atoms with Gasteiger partial charge in [-0.15, -0.1) is 0 Å². The minimum atomic E-state index is -1.17. The molecule has 5 nitrogen and oxygen atoms in total. The smallest absolute Gasteiger partial charge is 0.353 e. The second-order valence-corrected chi connectivity index (χ2v) is 2.75. The Bertz CT molecular complexity index is 367. The number of nitrogens with one attached hydrogen (secondary N) is 1. The molecular formula is C9H11NO4. The van der Waals surface area contributed by atoms with E-state index in [1.165, 1.54) is 6.20 Å². The number of aromatic carboxylic acids is 1. The number of carboxylic acid groups (broad SMARTS) is 1. The average molecular weight is 197 g/mol. The Balaban J connectivity index is 3.11. The van der Waals surface area contributed by atoms with Gasteiger partial charge in [-0.05, 0) is 19.4 Å². The zero-order chi connectivity index (χ0) is 10.7. The number of ether oxygens (including phenoxy) is 1. The maximum Gasteiger partial charge on any atom is 0.353 e. The van der Waals surface area contributed by atoms with Crippen molar-refractivity contribution in [3.05, 3.63) is 23.0 Å². The maximum absolute atomic E-state index is 11.3. The summed E-state index contributed by atoms with van der Waals surface area (Å²) in [6.45, 7) is 3.54. The zero-order valence-electron chi connectivity index (χ0n) is 7.96. The number of aryl methyl sites for hydroxylation is 1. The van der Waals surface area contributed by atoms with Gasteiger partial charge in [0.1, 0.15) is 5.69 Å². The lowest BCUT2D eigenvalue weighted by molar-refractivity contribution is 0.0513. The van der Waals surface area contributed by atoms with E-state index in [0.29, 0.717) is 5.56 Å². The molecule has 0 aliphatic heterocycles. The molecule has 0 aliphatic carbocycles. The summed E-state index contributed by atoms with van der Waals surface area (Å²) in [5, 5.41) is 8.76. The third kappa shape index (κ3) is 1.76. The van der Waals surface area contributed by atoms with Crippen molar-refractivity contribution in [1.29, 1.82) is 0 Å². The van der Waals surface area contributed by atoms with E-state index in [9.17, 15) is 9.59 Å². The number of aromatic amines is 1. The number of aromatic nitrogens is 1. The summed E-state index contributed by atoms with van der Waals surface area (Å²) >= 11 is 0. The van der Waals surface area contributed by atoms with Gasteiger partial charge in [-0.3, -0.25) is 0 Å². The van der Waals surface area contributed by atoms with E-state index in [4.69, 9.17) is 9.84 Å². The molecule has 1 heterocycles. The Labute approximate surface area is 80.7 Å². The van der Waals surface area contributed by atoms with Crippen LogP contribution in [0.15, 0.2) is 6.20 Å². The minimum Gasteiger partial charge on any atom is -0.477 e. The van der Waals surface area contributed by atoms with Crippen LogP contribution < -0.4 is 0 Å². The lowest BCUT2D eigenvalue weighted by atomic mass is 10.1. The number of carboxylic acids is 1. The van der Waals surface area contributed by atoms with Crippen LogP contribution in [0, 0.1) is 6.92 Å². The van der Waals surface area contributed by atoms with Crippen molar-refractivity contribution in [1.82, 2.24) is 4.98 Å². The van der Waals surface area contributed by atoms with Crippen molar-refractivity contribution >= 4 is 11.9 Å². The number of hydrogen-bond donors (Lipinski definition) is 2. The molecule has 0 atom stereocenters. The van der Waals surface area contributed by atoms with Crippen molar-refractivity contribution in [2.45, 2.75) is 13.8 Å². The van der Waals surface area contributed by atoms with Gasteiger partial charge < -0.3 is 14.8 Å². The first-order chi connectivity index (χ1) is 6.57. The van der Waals surface area contributed by atoms with E-state index in [2.05, 4.69) is 4.98 Å². The summed E-state index contributed by atoms with van der Waals surface area (Å²) in [4.78, 5) is 24.6. The summed E-state index contributed by atoms with van der Waals surface area (Å²) < 4.78 is 4.74. The van der Waals surface area contributed by atoms with E-state index < -0.39 is 11.9 Å². The van der Waals surface area contributed by atoms with Crippen molar-refractivity contribution < 1.29 is 19.4 Å². The normalized spacial score (nSPS) is 9.86. The lowest BCUT2D eigenvalue weighted by Crippen LogP contribution is -2.11. The second kappa shape index (κ2) is 3.95. The van der Waals surface area contributed by atoms with E-state index in [1.807, 2.05) is 0 Å². The summed E-state index contributed by atoms with van der Waals surface area (Å²) in [6, 6.07) is 0. The lowest BCUT2D eigenvalue weighted by Gasteiger charge is -2.01. The van der Waals surface area contributed by atoms with Crippen LogP contribution in [0.4, 0.5) is 0 Å². The van der Waals surface area contributed by atoms with Gasteiger partial charge >= 0.3 is 11.9 Å². The molecular weight excluding hydrogens is 186 g/mol. The SMILES string of the molecule is CCOC(=O)c1c(C)c[nH]c1C(=O)O. The molecule has 0 aliphatic rings. The molecule has 0 bridgehead atoms. The first kappa shape index (κ1) is 10.3. The molecule has 0 unspecified atom stereocenters. The molecule has 14 heavy (non-hydrogen) atoms. The number of carbonyl (C=O) groups excluding carboxylic acids is 1. The molecule has 2 N–H and O–H groups in total. The summed E-state index contributed by atoms with van der Waals surface area (Å²) in [5.41, 5.74) is 0.543. The van der Waals surface area contributed by atoms with Crippen molar-refractivity contribution in [2.75, 3.05) is 6.61 Å². The molecule has 0 saturated carbocycles. The fourth-order valence-corrected chi connectivity index (χ4v) is 1.16. The molecule has 0 aromatic carbocycles. The third-order valence-electron chi connectivity index (χ3n) is 1.77. The molecule has 1 aromatic rings. The molecule has 1 aromatic heterocycles. The molecule has 0 amide bonds. The Morgan fingerprint density at radius 1 is 1.57 bits per heavy atom. The van der Waals surface area contributed by atoms with Crippen LogP contribution in [0.5, 0.6) is 0 Å². The molecule has 0 spiro atoms. The van der Waals surface area contributed by atoms with Gasteiger partial charge in [0, 0.05) is 6.20 Å². The van der Waals surface area contributed by atoms with Crippen LogP contribution in [0.1, 0.15) is 33.3 Å². The van der Waals surface area contributed by atoms with Crippen LogP contribution in [0.25, 0.3) is 0 Å². The fraction of sp³-hybridized carbons (Fsp3) is 0.333. The highest BCUT2D eigenvalue weighted by atomic mass is 16.5. The number of rotatable bonds is 3. The van der Waals surface area contributed by atoms with Crippen molar-refractivity contribution in [2.24, 2.45) is 0 Å². The molecule has 1 rings (SSSR count). The Hall–Kier alpha value is -1.78. The maximum atomic E-state index is 11.3. The quantitative estimate of drug-likeness (QED) is 0.713. The van der Waals surface area contributed by atoms with E-state index in [0.717, 1.165) is 0 Å². The van der Waals surface area contributed by atoms with Crippen LogP contribution in [0.2, 0.25) is 0 Å². The second-order valence-electron chi connectivity index (χ2n) is 2.75. The third-order valence-corrected chi connectivity index (χ3v) is 1.77. The molecule has 0 saturated heterocycles. The highest BCUT2D eigenvalue weighted by molar-refractivity contribution is 6.02. The molecule has 5 heteroatoms. The molecule has 0 fully saturated rings. The van der Waals surface area contributed by atoms with Crippen LogP contribution >= 0.6 is 0 Å². The largest absolute Gasteiger partial charge is 0.477 e. The van der Waals surface area contributed by atoms with Crippen molar-refractivity contribution in [3.8, 4) is 0 Å². The number of carbonyl (C=O) groups is 2. The number of hydrogen-bond acceptors (Lipinski definition) is 3. The van der Waals surface area contributed by atoms with Crippen LogP contribution in [0.3, 0.4) is 0 Å². The van der Waals surface area contributed by atoms with Gasteiger partial charge in [0.25, 0.3) is 0 Å². The van der Waals surface area contributed by atoms with Gasteiger partial charge in [-0.1, -0.05) is 0 Å². The van der Waals surface area contributed by atoms with Gasteiger partial charge in [-0.2, -0.15) is 0 Å². The minimum absolute atomic E-state index is 0.0966. The van der Waals surface area contributed by atoms with Gasteiger partial charge in [0.15, 0.2) is 0 Å². The Morgan fingerprint density at radius 3 is 2.71 bits per heavy atom. The Kier molecular flexibility index (Phi) is 2.91. The monoisotopic (exact) mass is 197 g/mol. The first-order valence-corrected chi connectivity index (χ1v) is 4.16. The molecule has 76 valence electrons. The van der Waals surface area contributed by atoms with Crippen LogP contribution in [-0.4, -0.2) is 28.6 Å². The average Bonchev–Trinajstić information content (AvgIpc) is 2.47. The number of esters is 1. The van der Waals surface area contributed by atoms with Gasteiger partial charge in [0.2, 0.25) is 0 Å². The predicted octanol–water partition coefficient (Wildman–Crippen LogP) is 1.20. The summed E-state index contributed by atoms with van der Waals surface area (Å²) in [6.07, 6.45) is 1.47. The predicted molar refractivity (Wildman–Crippen MR) is 48.4 cm³/mol. The highest BCUT2D eigenvalue weighted by Gasteiger charge is 2.21. The number of H-pyrrole nitrogens is 1. The van der Waals surface area contributed by atoms with Gasteiger partial charge in [-0.25, -0.2) is 9.59 Å².